The fourth-order valence-electron chi connectivity index (χ4n) is 4.10. The fourth-order valence-corrected chi connectivity index (χ4v) is 5.60. The Morgan fingerprint density at radius 1 is 1.00 bits per heavy atom. The van der Waals surface area contributed by atoms with Crippen LogP contribution in [-0.4, -0.2) is 71.0 Å². The molecule has 1 fully saturated rings. The third-order valence-electron chi connectivity index (χ3n) is 6.25. The van der Waals surface area contributed by atoms with Crippen LogP contribution in [0.25, 0.3) is 34.3 Å². The lowest BCUT2D eigenvalue weighted by molar-refractivity contribution is 0.302. The van der Waals surface area contributed by atoms with Gasteiger partial charge < -0.3 is 9.32 Å². The average molecular weight is 493 g/mol. The molecule has 4 aromatic rings. The molecule has 0 radical (unpaired) electrons. The van der Waals surface area contributed by atoms with Gasteiger partial charge in [0.2, 0.25) is 15.9 Å². The van der Waals surface area contributed by atoms with Gasteiger partial charge in [0.25, 0.3) is 5.89 Å². The maximum absolute atomic E-state index is 13.1. The number of rotatable bonds is 6. The van der Waals surface area contributed by atoms with Gasteiger partial charge in [-0.25, -0.2) is 13.4 Å². The Balaban J connectivity index is 0.00000304. The molecule has 1 atom stereocenters. The minimum absolute atomic E-state index is 0. The van der Waals surface area contributed by atoms with Crippen LogP contribution in [0.1, 0.15) is 13.5 Å². The van der Waals surface area contributed by atoms with Crippen LogP contribution >= 0.6 is 0 Å². The molecule has 1 saturated heterocycles. The van der Waals surface area contributed by atoms with Gasteiger partial charge in [-0.05, 0) is 51.7 Å². The van der Waals surface area contributed by atoms with Crippen molar-refractivity contribution in [2.24, 2.45) is 0 Å². The number of aryl methyl sites for hydroxylation is 1. The van der Waals surface area contributed by atoms with Crippen LogP contribution in [-0.2, 0) is 10.0 Å². The number of aromatic nitrogens is 4. The monoisotopic (exact) mass is 492 g/mol. The zero-order valence-corrected chi connectivity index (χ0v) is 20.6. The lowest BCUT2D eigenvalue weighted by Crippen LogP contribution is -2.34. The number of nitrogens with zero attached hydrogens (tertiary/aromatic N) is 6. The molecular weight excluding hydrogens is 464 g/mol. The lowest BCUT2D eigenvalue weighted by atomic mass is 10.1. The molecule has 2 aromatic heterocycles. The fraction of sp³-hybridized carbons (Fsp3) is 0.280. The minimum atomic E-state index is -3.55. The third-order valence-corrected chi connectivity index (χ3v) is 8.13. The van der Waals surface area contributed by atoms with Gasteiger partial charge in [0.1, 0.15) is 5.69 Å². The van der Waals surface area contributed by atoms with Crippen molar-refractivity contribution < 1.29 is 14.3 Å². The van der Waals surface area contributed by atoms with Crippen LogP contribution in [0.4, 0.5) is 0 Å². The third kappa shape index (κ3) is 4.60. The molecule has 0 N–H and O–H groups in total. The summed E-state index contributed by atoms with van der Waals surface area (Å²) in [5.74, 6) is 0.680. The number of likely N-dealkylation sites (N-methyl/N-ethyl adjacent to an activating group) is 1. The van der Waals surface area contributed by atoms with Crippen molar-refractivity contribution in [3.63, 3.8) is 0 Å². The summed E-state index contributed by atoms with van der Waals surface area (Å²) in [6, 6.07) is 16.5. The van der Waals surface area contributed by atoms with E-state index in [1.807, 2.05) is 51.4 Å². The standard InChI is InChI=1S/C25H26N6O3S.H2/c1-17-23(25-29-28-24(34-25)19-7-5-4-6-8-19)27-22(15-26-17)18-9-11-21(12-10-18)35(32,33)31-14-13-20(16-31)30(2)3;/h4-12,15,20H,13-14,16H2,1-3H3;1H/t20-;/m1./s1. The first-order valence-electron chi connectivity index (χ1n) is 11.3. The molecule has 10 heteroatoms. The van der Waals surface area contributed by atoms with Crippen LogP contribution in [0.15, 0.2) is 70.1 Å². The SMILES string of the molecule is Cc1ncc(-c2ccc(S(=O)(=O)N3CC[C@@H](N(C)C)C3)cc2)nc1-c1nnc(-c2ccccc2)o1.[HH]. The Hall–Kier alpha value is -3.47. The van der Waals surface area contributed by atoms with E-state index in [9.17, 15) is 8.42 Å². The van der Waals surface area contributed by atoms with Crippen molar-refractivity contribution in [1.82, 2.24) is 29.4 Å². The van der Waals surface area contributed by atoms with Crippen LogP contribution in [0.5, 0.6) is 0 Å². The zero-order valence-electron chi connectivity index (χ0n) is 19.8. The smallest absolute Gasteiger partial charge is 0.268 e. The van der Waals surface area contributed by atoms with E-state index in [1.54, 1.807) is 34.8 Å². The highest BCUT2D eigenvalue weighted by molar-refractivity contribution is 7.89. The molecule has 5 rings (SSSR count). The summed E-state index contributed by atoms with van der Waals surface area (Å²) in [6.07, 6.45) is 2.48. The summed E-state index contributed by atoms with van der Waals surface area (Å²) in [5, 5.41) is 8.30. The quantitative estimate of drug-likeness (QED) is 0.401. The summed E-state index contributed by atoms with van der Waals surface area (Å²) >= 11 is 0. The van der Waals surface area contributed by atoms with Gasteiger partial charge in [0.05, 0.1) is 22.5 Å². The molecule has 0 spiro atoms. The molecule has 0 saturated carbocycles. The van der Waals surface area contributed by atoms with E-state index in [0.29, 0.717) is 36.1 Å². The highest BCUT2D eigenvalue weighted by atomic mass is 32.2. The second kappa shape index (κ2) is 9.29. The first-order valence-corrected chi connectivity index (χ1v) is 12.8. The number of sulfonamides is 1. The summed E-state index contributed by atoms with van der Waals surface area (Å²) in [6.45, 7) is 2.85. The van der Waals surface area contributed by atoms with E-state index in [1.165, 1.54) is 0 Å². The molecule has 0 amide bonds. The predicted molar refractivity (Wildman–Crippen MR) is 134 cm³/mol. The maximum atomic E-state index is 13.1. The number of hydrogen-bond acceptors (Lipinski definition) is 8. The van der Waals surface area contributed by atoms with E-state index in [-0.39, 0.29) is 18.3 Å². The summed E-state index contributed by atoms with van der Waals surface area (Å²) in [4.78, 5) is 11.5. The average Bonchev–Trinajstić information content (AvgIpc) is 3.56. The Morgan fingerprint density at radius 3 is 2.40 bits per heavy atom. The van der Waals surface area contributed by atoms with E-state index in [2.05, 4.69) is 20.1 Å². The molecule has 1 aliphatic rings. The molecule has 2 aromatic carbocycles. The van der Waals surface area contributed by atoms with Crippen LogP contribution in [0, 0.1) is 6.92 Å². The summed E-state index contributed by atoms with van der Waals surface area (Å²) in [7, 11) is 0.403. The van der Waals surface area contributed by atoms with Gasteiger partial charge in [-0.15, -0.1) is 10.2 Å². The lowest BCUT2D eigenvalue weighted by Gasteiger charge is -2.20. The van der Waals surface area contributed by atoms with E-state index in [4.69, 9.17) is 9.40 Å². The first-order chi connectivity index (χ1) is 16.8. The highest BCUT2D eigenvalue weighted by Gasteiger charge is 2.33. The largest absolute Gasteiger partial charge is 0.415 e. The minimum Gasteiger partial charge on any atom is -0.415 e. The van der Waals surface area contributed by atoms with Crippen LogP contribution < -0.4 is 0 Å². The molecule has 0 bridgehead atoms. The number of hydrogen-bond donors (Lipinski definition) is 0. The predicted octanol–water partition coefficient (Wildman–Crippen LogP) is 3.74. The summed E-state index contributed by atoms with van der Waals surface area (Å²) in [5.41, 5.74) is 3.29. The summed E-state index contributed by atoms with van der Waals surface area (Å²) < 4.78 is 33.6. The first kappa shape index (κ1) is 23.3. The van der Waals surface area contributed by atoms with Gasteiger partial charge in [0, 0.05) is 31.7 Å². The van der Waals surface area contributed by atoms with Crippen molar-refractivity contribution in [3.05, 3.63) is 66.5 Å². The van der Waals surface area contributed by atoms with Crippen LogP contribution in [0.2, 0.25) is 0 Å². The second-order valence-corrected chi connectivity index (χ2v) is 10.7. The van der Waals surface area contributed by atoms with E-state index < -0.39 is 10.0 Å². The molecular formula is C25H28N6O3S. The van der Waals surface area contributed by atoms with Gasteiger partial charge in [-0.2, -0.15) is 4.31 Å². The van der Waals surface area contributed by atoms with Crippen molar-refractivity contribution in [2.75, 3.05) is 27.2 Å². The Bertz CT molecular complexity index is 1440. The van der Waals surface area contributed by atoms with Gasteiger partial charge in [-0.1, -0.05) is 30.3 Å². The maximum Gasteiger partial charge on any atom is 0.268 e. The highest BCUT2D eigenvalue weighted by Crippen LogP contribution is 2.28. The Morgan fingerprint density at radius 2 is 1.71 bits per heavy atom. The molecule has 0 aliphatic carbocycles. The normalized spacial score (nSPS) is 16.7. The molecule has 3 heterocycles. The zero-order chi connectivity index (χ0) is 24.6. The van der Waals surface area contributed by atoms with Crippen molar-refractivity contribution in [3.8, 4) is 34.3 Å². The van der Waals surface area contributed by atoms with Gasteiger partial charge >= 0.3 is 0 Å². The molecule has 1 aliphatic heterocycles. The van der Waals surface area contributed by atoms with Gasteiger partial charge in [0.15, 0.2) is 0 Å². The molecule has 0 unspecified atom stereocenters. The topological polar surface area (TPSA) is 105 Å². The molecule has 35 heavy (non-hydrogen) atoms. The van der Waals surface area contributed by atoms with Crippen molar-refractivity contribution in [1.29, 1.82) is 0 Å². The second-order valence-electron chi connectivity index (χ2n) is 8.76. The van der Waals surface area contributed by atoms with E-state index in [0.717, 1.165) is 17.5 Å². The van der Waals surface area contributed by atoms with Crippen LogP contribution in [0.3, 0.4) is 0 Å². The Kier molecular flexibility index (Phi) is 6.18. The van der Waals surface area contributed by atoms with E-state index >= 15 is 0 Å². The van der Waals surface area contributed by atoms with Gasteiger partial charge in [-0.3, -0.25) is 4.98 Å². The Labute approximate surface area is 206 Å². The number of benzene rings is 2. The molecule has 182 valence electrons. The van der Waals surface area contributed by atoms with Crippen molar-refractivity contribution in [2.45, 2.75) is 24.3 Å². The van der Waals surface area contributed by atoms with Crippen molar-refractivity contribution >= 4 is 10.0 Å². The molecule has 9 nitrogen and oxygen atoms in total.